The number of likely N-dealkylation sites (tertiary alicyclic amines) is 1. The molecule has 1 aromatic rings. The van der Waals surface area contributed by atoms with E-state index in [0.29, 0.717) is 31.5 Å². The molecule has 8 nitrogen and oxygen atoms in total. The highest BCUT2D eigenvalue weighted by Gasteiger charge is 2.36. The van der Waals surface area contributed by atoms with E-state index in [1.807, 2.05) is 13.8 Å². The highest BCUT2D eigenvalue weighted by molar-refractivity contribution is 5.98. The van der Waals surface area contributed by atoms with Crippen LogP contribution in [0.2, 0.25) is 0 Å². The Balaban J connectivity index is 2.04. The van der Waals surface area contributed by atoms with Gasteiger partial charge in [-0.05, 0) is 42.9 Å². The predicted molar refractivity (Wildman–Crippen MR) is 114 cm³/mol. The number of aliphatic hydroxyl groups is 1. The summed E-state index contributed by atoms with van der Waals surface area (Å²) in [5, 5.41) is 14.8. The van der Waals surface area contributed by atoms with E-state index in [9.17, 15) is 14.4 Å². The van der Waals surface area contributed by atoms with Gasteiger partial charge >= 0.3 is 6.09 Å². The highest BCUT2D eigenvalue weighted by Crippen LogP contribution is 2.19. The van der Waals surface area contributed by atoms with E-state index in [0.717, 1.165) is 5.56 Å². The van der Waals surface area contributed by atoms with E-state index in [2.05, 4.69) is 17.2 Å². The van der Waals surface area contributed by atoms with Crippen LogP contribution < -0.4 is 10.6 Å². The standard InChI is InChI=1S/C22H31N3O5/c1-4-12-30-22(29)25-11-5-6-19(25)21(28)24-18(13-15(2)3)20(27)23-17-9-7-16(14-26)8-10-17/h4,7-10,15,18-19,26H,1,5-6,11-14H2,2-3H3,(H,23,27)(H,24,28)/t18-,19-/m0/s1. The summed E-state index contributed by atoms with van der Waals surface area (Å²) in [6, 6.07) is 5.45. The zero-order chi connectivity index (χ0) is 22.1. The van der Waals surface area contributed by atoms with Gasteiger partial charge < -0.3 is 20.5 Å². The summed E-state index contributed by atoms with van der Waals surface area (Å²) in [5.74, 6) is -0.512. The summed E-state index contributed by atoms with van der Waals surface area (Å²) in [6.07, 6.45) is 2.59. The molecule has 0 unspecified atom stereocenters. The van der Waals surface area contributed by atoms with Crippen LogP contribution in [0.1, 0.15) is 38.7 Å². The number of ether oxygens (including phenoxy) is 1. The Bertz CT molecular complexity index is 748. The van der Waals surface area contributed by atoms with Gasteiger partial charge in [-0.2, -0.15) is 0 Å². The molecule has 0 aliphatic carbocycles. The van der Waals surface area contributed by atoms with Crippen molar-refractivity contribution in [3.05, 3.63) is 42.5 Å². The van der Waals surface area contributed by atoms with Gasteiger partial charge in [0, 0.05) is 12.2 Å². The second kappa shape index (κ2) is 11.3. The topological polar surface area (TPSA) is 108 Å². The number of nitrogens with one attached hydrogen (secondary N) is 2. The van der Waals surface area contributed by atoms with E-state index in [4.69, 9.17) is 9.84 Å². The second-order valence-corrected chi connectivity index (χ2v) is 7.75. The number of hydrogen-bond donors (Lipinski definition) is 3. The van der Waals surface area contributed by atoms with Crippen LogP contribution >= 0.6 is 0 Å². The Hall–Kier alpha value is -2.87. The molecule has 1 saturated heterocycles. The van der Waals surface area contributed by atoms with Crippen LogP contribution in [0.4, 0.5) is 10.5 Å². The van der Waals surface area contributed by atoms with Crippen LogP contribution in [0, 0.1) is 5.92 Å². The summed E-state index contributed by atoms with van der Waals surface area (Å²) in [7, 11) is 0. The number of benzene rings is 1. The number of rotatable bonds is 9. The first-order chi connectivity index (χ1) is 14.3. The lowest BCUT2D eigenvalue weighted by molar-refractivity contribution is -0.129. The van der Waals surface area contributed by atoms with Crippen molar-refractivity contribution in [2.24, 2.45) is 5.92 Å². The molecular formula is C22H31N3O5. The molecule has 1 fully saturated rings. The third-order valence-corrected chi connectivity index (χ3v) is 4.86. The molecule has 164 valence electrons. The molecule has 8 heteroatoms. The molecule has 0 spiro atoms. The minimum atomic E-state index is -0.735. The van der Waals surface area contributed by atoms with E-state index < -0.39 is 18.2 Å². The van der Waals surface area contributed by atoms with Gasteiger partial charge in [-0.25, -0.2) is 4.79 Å². The molecule has 2 rings (SSSR count). The number of carbonyl (C=O) groups excluding carboxylic acids is 3. The lowest BCUT2D eigenvalue weighted by Crippen LogP contribution is -2.52. The Kier molecular flexibility index (Phi) is 8.86. The van der Waals surface area contributed by atoms with Crippen LogP contribution in [-0.4, -0.2) is 53.1 Å². The van der Waals surface area contributed by atoms with Crippen LogP contribution in [-0.2, 0) is 20.9 Å². The van der Waals surface area contributed by atoms with Crippen molar-refractivity contribution >= 4 is 23.6 Å². The van der Waals surface area contributed by atoms with E-state index >= 15 is 0 Å². The summed E-state index contributed by atoms with van der Waals surface area (Å²) < 4.78 is 5.06. The van der Waals surface area contributed by atoms with Crippen molar-refractivity contribution in [3.63, 3.8) is 0 Å². The third-order valence-electron chi connectivity index (χ3n) is 4.86. The SMILES string of the molecule is C=CCOC(=O)N1CCC[C@H]1C(=O)N[C@@H](CC(C)C)C(=O)Nc1ccc(CO)cc1. The lowest BCUT2D eigenvalue weighted by Gasteiger charge is -2.26. The Morgan fingerprint density at radius 3 is 2.60 bits per heavy atom. The zero-order valence-corrected chi connectivity index (χ0v) is 17.6. The maximum atomic E-state index is 12.9. The fraction of sp³-hybridized carbons (Fsp3) is 0.500. The van der Waals surface area contributed by atoms with Gasteiger partial charge in [0.1, 0.15) is 18.7 Å². The second-order valence-electron chi connectivity index (χ2n) is 7.75. The van der Waals surface area contributed by atoms with Crippen molar-refractivity contribution in [1.82, 2.24) is 10.2 Å². The molecule has 0 bridgehead atoms. The quantitative estimate of drug-likeness (QED) is 0.535. The number of anilines is 1. The molecule has 0 saturated carbocycles. The van der Waals surface area contributed by atoms with E-state index in [-0.39, 0.29) is 30.9 Å². The number of hydrogen-bond acceptors (Lipinski definition) is 5. The maximum Gasteiger partial charge on any atom is 0.410 e. The average Bonchev–Trinajstić information content (AvgIpc) is 3.22. The monoisotopic (exact) mass is 417 g/mol. The van der Waals surface area contributed by atoms with Crippen molar-refractivity contribution in [3.8, 4) is 0 Å². The molecule has 1 heterocycles. The smallest absolute Gasteiger partial charge is 0.410 e. The minimum Gasteiger partial charge on any atom is -0.445 e. The van der Waals surface area contributed by atoms with Crippen LogP contribution in [0.3, 0.4) is 0 Å². The van der Waals surface area contributed by atoms with Crippen molar-refractivity contribution in [2.75, 3.05) is 18.5 Å². The van der Waals surface area contributed by atoms with Gasteiger partial charge in [0.05, 0.1) is 6.61 Å². The first-order valence-electron chi connectivity index (χ1n) is 10.2. The van der Waals surface area contributed by atoms with Gasteiger partial charge in [0.15, 0.2) is 0 Å². The summed E-state index contributed by atoms with van der Waals surface area (Å²) in [4.78, 5) is 39.3. The van der Waals surface area contributed by atoms with Gasteiger partial charge in [-0.1, -0.05) is 38.6 Å². The number of carbonyl (C=O) groups is 3. The molecule has 3 amide bonds. The average molecular weight is 418 g/mol. The largest absolute Gasteiger partial charge is 0.445 e. The molecule has 0 radical (unpaired) electrons. The van der Waals surface area contributed by atoms with E-state index in [1.54, 1.807) is 24.3 Å². The summed E-state index contributed by atoms with van der Waals surface area (Å²) in [6.45, 7) is 7.89. The summed E-state index contributed by atoms with van der Waals surface area (Å²) in [5.41, 5.74) is 1.32. The molecule has 2 atom stereocenters. The van der Waals surface area contributed by atoms with Crippen LogP contribution in [0.5, 0.6) is 0 Å². The van der Waals surface area contributed by atoms with Crippen molar-refractivity contribution in [1.29, 1.82) is 0 Å². The van der Waals surface area contributed by atoms with Gasteiger partial charge in [0.2, 0.25) is 11.8 Å². The minimum absolute atomic E-state index is 0.0760. The molecule has 3 N–H and O–H groups in total. The van der Waals surface area contributed by atoms with Crippen LogP contribution in [0.25, 0.3) is 0 Å². The molecule has 1 aliphatic heterocycles. The van der Waals surface area contributed by atoms with E-state index in [1.165, 1.54) is 11.0 Å². The number of nitrogens with zero attached hydrogens (tertiary/aromatic N) is 1. The molecule has 1 aliphatic rings. The fourth-order valence-corrected chi connectivity index (χ4v) is 3.36. The number of amides is 3. The molecule has 1 aromatic carbocycles. The third kappa shape index (κ3) is 6.59. The molecule has 0 aromatic heterocycles. The molecular weight excluding hydrogens is 386 g/mol. The van der Waals surface area contributed by atoms with Gasteiger partial charge in [-0.15, -0.1) is 0 Å². The van der Waals surface area contributed by atoms with Crippen molar-refractivity contribution < 1.29 is 24.2 Å². The van der Waals surface area contributed by atoms with Gasteiger partial charge in [0.25, 0.3) is 0 Å². The first-order valence-corrected chi connectivity index (χ1v) is 10.2. The Morgan fingerprint density at radius 2 is 2.00 bits per heavy atom. The van der Waals surface area contributed by atoms with Crippen molar-refractivity contribution in [2.45, 2.75) is 51.8 Å². The maximum absolute atomic E-state index is 12.9. The Morgan fingerprint density at radius 1 is 1.30 bits per heavy atom. The zero-order valence-electron chi connectivity index (χ0n) is 17.6. The lowest BCUT2D eigenvalue weighted by atomic mass is 10.0. The van der Waals surface area contributed by atoms with Crippen LogP contribution in [0.15, 0.2) is 36.9 Å². The summed E-state index contributed by atoms with van der Waals surface area (Å²) >= 11 is 0. The predicted octanol–water partition coefficient (Wildman–Crippen LogP) is 2.44. The number of aliphatic hydroxyl groups excluding tert-OH is 1. The fourth-order valence-electron chi connectivity index (χ4n) is 3.36. The Labute approximate surface area is 177 Å². The normalized spacial score (nSPS) is 16.8. The first kappa shape index (κ1) is 23.4. The highest BCUT2D eigenvalue weighted by atomic mass is 16.6. The van der Waals surface area contributed by atoms with Gasteiger partial charge in [-0.3, -0.25) is 14.5 Å². The molecule has 30 heavy (non-hydrogen) atoms.